The molecule has 0 aromatic carbocycles. The van der Waals surface area contributed by atoms with Crippen molar-refractivity contribution >= 4 is 39.5 Å². The molecule has 0 bridgehead atoms. The number of rotatable bonds is 78. The number of esters is 4. The quantitative estimate of drug-likeness (QED) is 0.0222. The Kier molecular flexibility index (Phi) is 69.3. The molecule has 0 aliphatic heterocycles. The molecule has 2 unspecified atom stereocenters. The average Bonchev–Trinajstić information content (AvgIpc) is 1.53. The molecule has 98 heavy (non-hydrogen) atoms. The summed E-state index contributed by atoms with van der Waals surface area (Å²) >= 11 is 0. The minimum Gasteiger partial charge on any atom is -0.462 e. The van der Waals surface area contributed by atoms with Crippen LogP contribution < -0.4 is 0 Å². The second kappa shape index (κ2) is 70.7. The lowest BCUT2D eigenvalue weighted by atomic mass is 10.0. The molecule has 0 aromatic heterocycles. The number of hydrogen-bond donors (Lipinski definition) is 3. The molecule has 0 aromatic rings. The average molecular weight is 1440 g/mol. The lowest BCUT2D eigenvalue weighted by Crippen LogP contribution is -2.30. The van der Waals surface area contributed by atoms with Gasteiger partial charge in [0.2, 0.25) is 0 Å². The zero-order valence-electron chi connectivity index (χ0n) is 64.1. The van der Waals surface area contributed by atoms with E-state index in [4.69, 9.17) is 37.0 Å². The Morgan fingerprint density at radius 3 is 0.694 bits per heavy atom. The first-order valence-corrected chi connectivity index (χ1v) is 44.0. The van der Waals surface area contributed by atoms with Crippen LogP contribution in [-0.4, -0.2) is 96.7 Å². The van der Waals surface area contributed by atoms with Crippen LogP contribution in [0.25, 0.3) is 0 Å². The topological polar surface area (TPSA) is 237 Å². The highest BCUT2D eigenvalue weighted by Gasteiger charge is 2.30. The van der Waals surface area contributed by atoms with Crippen LogP contribution in [0.1, 0.15) is 414 Å². The van der Waals surface area contributed by atoms with Crippen LogP contribution in [0.2, 0.25) is 0 Å². The molecular weight excluding hydrogens is 1280 g/mol. The van der Waals surface area contributed by atoms with Crippen LogP contribution in [0.4, 0.5) is 0 Å². The number of ether oxygens (including phenoxy) is 4. The fourth-order valence-corrected chi connectivity index (χ4v) is 13.8. The Bertz CT molecular complexity index is 1890. The SMILES string of the molecule is CCCCCCCCCCCCCCCCCC(=O)OC[C@H](COP(=O)(O)OC[C@@H](O)COP(=O)(O)OC[C@@H](COC(=O)CCCCCCCCCCC(C)C)OC(=O)CCCCCCCCCCCCCCCCC)OC(=O)CCCCCCCCCCCCCCCCC(C)C. The van der Waals surface area contributed by atoms with Gasteiger partial charge in [-0.1, -0.05) is 363 Å². The van der Waals surface area contributed by atoms with E-state index < -0.39 is 97.5 Å². The van der Waals surface area contributed by atoms with Gasteiger partial charge in [-0.05, 0) is 37.5 Å². The normalized spacial score (nSPS) is 13.9. The highest BCUT2D eigenvalue weighted by atomic mass is 31.2. The van der Waals surface area contributed by atoms with Gasteiger partial charge in [-0.25, -0.2) is 9.13 Å². The summed E-state index contributed by atoms with van der Waals surface area (Å²) in [5.41, 5.74) is 0. The zero-order valence-corrected chi connectivity index (χ0v) is 65.9. The van der Waals surface area contributed by atoms with Gasteiger partial charge in [0.1, 0.15) is 19.3 Å². The van der Waals surface area contributed by atoms with Crippen molar-refractivity contribution in [2.24, 2.45) is 11.8 Å². The molecular formula is C79H154O17P2. The summed E-state index contributed by atoms with van der Waals surface area (Å²) < 4.78 is 68.7. The fraction of sp³-hybridized carbons (Fsp3) is 0.949. The monoisotopic (exact) mass is 1440 g/mol. The van der Waals surface area contributed by atoms with Crippen LogP contribution >= 0.6 is 15.6 Å². The third kappa shape index (κ3) is 72.4. The third-order valence-electron chi connectivity index (χ3n) is 18.5. The fourth-order valence-electron chi connectivity index (χ4n) is 12.2. The number of carbonyl (C=O) groups is 4. The molecule has 0 amide bonds. The van der Waals surface area contributed by atoms with Crippen LogP contribution in [0, 0.1) is 11.8 Å². The molecule has 0 aliphatic carbocycles. The van der Waals surface area contributed by atoms with Gasteiger partial charge in [-0.3, -0.25) is 37.3 Å². The van der Waals surface area contributed by atoms with Crippen LogP contribution in [0.15, 0.2) is 0 Å². The van der Waals surface area contributed by atoms with Gasteiger partial charge in [-0.15, -0.1) is 0 Å². The smallest absolute Gasteiger partial charge is 0.462 e. The molecule has 582 valence electrons. The third-order valence-corrected chi connectivity index (χ3v) is 20.4. The maximum Gasteiger partial charge on any atom is 0.472 e. The summed E-state index contributed by atoms with van der Waals surface area (Å²) in [6.07, 6.45) is 59.5. The van der Waals surface area contributed by atoms with Crippen molar-refractivity contribution in [3.05, 3.63) is 0 Å². The minimum atomic E-state index is -4.96. The predicted octanol–water partition coefficient (Wildman–Crippen LogP) is 23.5. The number of carbonyl (C=O) groups excluding carboxylic acids is 4. The maximum atomic E-state index is 13.1. The lowest BCUT2D eigenvalue weighted by Gasteiger charge is -2.21. The second-order valence-electron chi connectivity index (χ2n) is 29.4. The highest BCUT2D eigenvalue weighted by Crippen LogP contribution is 2.45. The Morgan fingerprint density at radius 2 is 0.469 bits per heavy atom. The minimum absolute atomic E-state index is 0.108. The number of phosphoric acid groups is 2. The Morgan fingerprint density at radius 1 is 0.276 bits per heavy atom. The Balaban J connectivity index is 5.26. The molecule has 19 heteroatoms. The van der Waals surface area contributed by atoms with E-state index in [9.17, 15) is 43.2 Å². The van der Waals surface area contributed by atoms with E-state index in [0.29, 0.717) is 25.7 Å². The Labute approximate surface area is 600 Å². The molecule has 0 saturated heterocycles. The number of phosphoric ester groups is 2. The second-order valence-corrected chi connectivity index (χ2v) is 32.3. The summed E-state index contributed by atoms with van der Waals surface area (Å²) in [6.45, 7) is 9.62. The van der Waals surface area contributed by atoms with Crippen LogP contribution in [0.3, 0.4) is 0 Å². The summed E-state index contributed by atoms with van der Waals surface area (Å²) in [5.74, 6) is -0.588. The summed E-state index contributed by atoms with van der Waals surface area (Å²) in [5, 5.41) is 10.6. The van der Waals surface area contributed by atoms with Crippen molar-refractivity contribution in [2.75, 3.05) is 39.6 Å². The summed E-state index contributed by atoms with van der Waals surface area (Å²) in [7, 11) is -9.92. The van der Waals surface area contributed by atoms with Gasteiger partial charge in [0, 0.05) is 25.7 Å². The molecule has 3 N–H and O–H groups in total. The number of unbranched alkanes of at least 4 members (excludes halogenated alkanes) is 48. The van der Waals surface area contributed by atoms with Gasteiger partial charge < -0.3 is 33.8 Å². The zero-order chi connectivity index (χ0) is 72.1. The summed E-state index contributed by atoms with van der Waals surface area (Å²) in [4.78, 5) is 73.0. The maximum absolute atomic E-state index is 13.1. The molecule has 0 aliphatic rings. The number of aliphatic hydroxyl groups excluding tert-OH is 1. The first kappa shape index (κ1) is 96.1. The first-order valence-electron chi connectivity index (χ1n) is 41.0. The molecule has 0 saturated carbocycles. The molecule has 0 heterocycles. The van der Waals surface area contributed by atoms with Crippen molar-refractivity contribution in [2.45, 2.75) is 432 Å². The van der Waals surface area contributed by atoms with Crippen molar-refractivity contribution in [1.29, 1.82) is 0 Å². The van der Waals surface area contributed by atoms with E-state index in [1.54, 1.807) is 0 Å². The van der Waals surface area contributed by atoms with Gasteiger partial charge in [-0.2, -0.15) is 0 Å². The van der Waals surface area contributed by atoms with Crippen molar-refractivity contribution in [3.63, 3.8) is 0 Å². The molecule has 0 fully saturated rings. The van der Waals surface area contributed by atoms with Gasteiger partial charge >= 0.3 is 39.5 Å². The molecule has 5 atom stereocenters. The lowest BCUT2D eigenvalue weighted by molar-refractivity contribution is -0.161. The predicted molar refractivity (Wildman–Crippen MR) is 400 cm³/mol. The molecule has 17 nitrogen and oxygen atoms in total. The van der Waals surface area contributed by atoms with Crippen molar-refractivity contribution < 1.29 is 80.2 Å². The molecule has 0 rings (SSSR count). The Hall–Kier alpha value is -1.94. The highest BCUT2D eigenvalue weighted by molar-refractivity contribution is 7.47. The van der Waals surface area contributed by atoms with Crippen LogP contribution in [0.5, 0.6) is 0 Å². The first-order chi connectivity index (χ1) is 47.4. The van der Waals surface area contributed by atoms with E-state index in [2.05, 4.69) is 41.5 Å². The van der Waals surface area contributed by atoms with E-state index >= 15 is 0 Å². The van der Waals surface area contributed by atoms with E-state index in [-0.39, 0.29) is 25.7 Å². The van der Waals surface area contributed by atoms with Gasteiger partial charge in [0.05, 0.1) is 26.4 Å². The van der Waals surface area contributed by atoms with Crippen molar-refractivity contribution in [3.8, 4) is 0 Å². The van der Waals surface area contributed by atoms with Gasteiger partial charge in [0.15, 0.2) is 12.2 Å². The van der Waals surface area contributed by atoms with E-state index in [1.807, 2.05) is 0 Å². The van der Waals surface area contributed by atoms with E-state index in [0.717, 1.165) is 102 Å². The number of aliphatic hydroxyl groups is 1. The van der Waals surface area contributed by atoms with Crippen molar-refractivity contribution in [1.82, 2.24) is 0 Å². The van der Waals surface area contributed by atoms with Crippen LogP contribution in [-0.2, 0) is 65.4 Å². The largest absolute Gasteiger partial charge is 0.472 e. The van der Waals surface area contributed by atoms with Gasteiger partial charge in [0.25, 0.3) is 0 Å². The molecule has 0 radical (unpaired) electrons. The summed E-state index contributed by atoms with van der Waals surface area (Å²) in [6, 6.07) is 0. The number of hydrogen-bond acceptors (Lipinski definition) is 15. The molecule has 0 spiro atoms. The standard InChI is InChI=1S/C79H154O17P2/c1-7-9-11-13-15-17-19-21-23-28-32-36-43-49-55-61-76(81)89-67-74(95-78(83)64-58-52-46-38-34-30-26-25-27-31-35-41-47-53-59-71(3)4)69-93-97(85,86)91-65-73(80)66-92-98(87,88)94-70-75(68-90-77(82)62-56-50-44-40-39-42-48-54-60-72(5)6)96-79(84)63-57-51-45-37-33-29-24-22-20-18-16-14-12-10-8-2/h71-75,80H,7-70H2,1-6H3,(H,85,86)(H,87,88)/t73-,74-,75-/m1/s1. The van der Waals surface area contributed by atoms with E-state index in [1.165, 1.54) is 231 Å².